The molecule has 1 radical (unpaired) electrons. The Morgan fingerprint density at radius 3 is 1.75 bits per heavy atom. The summed E-state index contributed by atoms with van der Waals surface area (Å²) in [4.78, 5) is 2.25. The Morgan fingerprint density at radius 1 is 1.50 bits per heavy atom. The van der Waals surface area contributed by atoms with Gasteiger partial charge in [0.1, 0.15) is 7.05 Å². The molecular weight excluding hydrogens is 50.0 g/mol. The maximum atomic E-state index is 2.25. The maximum Gasteiger partial charge on any atom is 0.176 e. The largest absolute Gasteiger partial charge is 0.176 e. The highest BCUT2D eigenvalue weighted by atomic mass is 15.2. The van der Waals surface area contributed by atoms with Gasteiger partial charge in [0, 0.05) is 0 Å². The van der Waals surface area contributed by atoms with Crippen LogP contribution in [0.4, 0.5) is 0 Å². The van der Waals surface area contributed by atoms with Crippen molar-refractivity contribution in [3.05, 3.63) is 0 Å². The number of nitrogens with zero attached hydrogens (tertiary/aromatic N) is 1. The van der Waals surface area contributed by atoms with Crippen LogP contribution in [0, 0.1) is 0 Å². The molecular formula is C3H7N+. The lowest BCUT2D eigenvalue weighted by Gasteiger charge is -1.52. The number of likely N-dealkylation sites (N-methyl/N-ethyl adjacent to an activating group) is 1. The summed E-state index contributed by atoms with van der Waals surface area (Å²) in [6.45, 7) is 2.64. The van der Waals surface area contributed by atoms with Crippen molar-refractivity contribution in [2.45, 2.75) is 0 Å². The lowest BCUT2D eigenvalue weighted by molar-refractivity contribution is 0.896. The van der Waals surface area contributed by atoms with Crippen molar-refractivity contribution < 1.29 is 0 Å². The van der Waals surface area contributed by atoms with Crippen molar-refractivity contribution in [3.8, 4) is 0 Å². The molecule has 0 aromatic heterocycles. The summed E-state index contributed by atoms with van der Waals surface area (Å²) in [5, 5.41) is 0. The molecule has 0 aliphatic carbocycles. The summed E-state index contributed by atoms with van der Waals surface area (Å²) in [6.07, 6.45) is 0. The third-order valence-corrected chi connectivity index (χ3v) is 0.671. The van der Waals surface area contributed by atoms with Crippen molar-refractivity contribution in [3.63, 3.8) is 0 Å². The van der Waals surface area contributed by atoms with Gasteiger partial charge in [0.2, 0.25) is 0 Å². The van der Waals surface area contributed by atoms with E-state index in [1.54, 1.807) is 0 Å². The van der Waals surface area contributed by atoms with Crippen molar-refractivity contribution in [2.24, 2.45) is 0 Å². The number of hydrogen-bond donors (Lipinski definition) is 0. The zero-order chi connectivity index (χ0) is 2.99. The molecule has 23 valence electrons. The molecule has 1 nitrogen and oxygen atoms in total. The minimum atomic E-state index is 1.32. The van der Waals surface area contributed by atoms with Crippen LogP contribution in [0.25, 0.3) is 0 Å². The number of rotatable bonds is 0. The molecule has 1 heterocycles. The molecule has 1 fully saturated rings. The van der Waals surface area contributed by atoms with Gasteiger partial charge in [-0.15, -0.1) is 0 Å². The SMILES string of the molecule is C[N+]1CC1. The summed E-state index contributed by atoms with van der Waals surface area (Å²) in [6, 6.07) is 0. The molecule has 0 N–H and O–H groups in total. The van der Waals surface area contributed by atoms with E-state index < -0.39 is 0 Å². The topological polar surface area (TPSA) is 5.90 Å². The van der Waals surface area contributed by atoms with Crippen molar-refractivity contribution >= 4 is 0 Å². The predicted octanol–water partition coefficient (Wildman–Crippen LogP) is -0.230. The molecule has 0 spiro atoms. The van der Waals surface area contributed by atoms with E-state index >= 15 is 0 Å². The molecule has 0 aromatic carbocycles. The van der Waals surface area contributed by atoms with Crippen LogP contribution in [0.1, 0.15) is 0 Å². The first-order valence-corrected chi connectivity index (χ1v) is 1.58. The summed E-state index contributed by atoms with van der Waals surface area (Å²) < 4.78 is 0. The smallest absolute Gasteiger partial charge is 0.161 e. The lowest BCUT2D eigenvalue weighted by atomic mass is 11.0. The third kappa shape index (κ3) is 0.206. The zero-order valence-electron chi connectivity index (χ0n) is 2.86. The standard InChI is InChI=1S/C3H7N/c1-4-2-3-4/h2-3H2,1H3/q+1. The van der Waals surface area contributed by atoms with Crippen LogP contribution in [0.2, 0.25) is 0 Å². The van der Waals surface area contributed by atoms with Crippen LogP contribution in [0.3, 0.4) is 0 Å². The van der Waals surface area contributed by atoms with E-state index in [9.17, 15) is 0 Å². The molecule has 4 heavy (non-hydrogen) atoms. The van der Waals surface area contributed by atoms with Gasteiger partial charge < -0.3 is 0 Å². The van der Waals surface area contributed by atoms with Gasteiger partial charge in [-0.1, -0.05) is 0 Å². The van der Waals surface area contributed by atoms with Gasteiger partial charge in [-0.2, -0.15) is 4.90 Å². The molecule has 0 amide bonds. The van der Waals surface area contributed by atoms with Crippen LogP contribution in [-0.2, 0) is 0 Å². The molecule has 1 aliphatic rings. The first-order valence-electron chi connectivity index (χ1n) is 1.58. The van der Waals surface area contributed by atoms with E-state index in [0.29, 0.717) is 0 Å². The Kier molecular flexibility index (Phi) is 0.256. The lowest BCUT2D eigenvalue weighted by Crippen LogP contribution is -1.85. The second-order valence-corrected chi connectivity index (χ2v) is 1.30. The van der Waals surface area contributed by atoms with E-state index in [1.807, 2.05) is 0 Å². The van der Waals surface area contributed by atoms with Gasteiger partial charge in [0.15, 0.2) is 13.1 Å². The maximum absolute atomic E-state index is 2.25. The van der Waals surface area contributed by atoms with E-state index in [2.05, 4.69) is 11.9 Å². The van der Waals surface area contributed by atoms with Gasteiger partial charge in [-0.3, -0.25) is 0 Å². The van der Waals surface area contributed by atoms with E-state index in [1.165, 1.54) is 13.1 Å². The Labute approximate surface area is 26.2 Å². The summed E-state index contributed by atoms with van der Waals surface area (Å²) >= 11 is 0. The van der Waals surface area contributed by atoms with Crippen molar-refractivity contribution in [2.75, 3.05) is 20.1 Å². The molecule has 1 aliphatic heterocycles. The van der Waals surface area contributed by atoms with Gasteiger partial charge in [-0.25, -0.2) is 0 Å². The normalized spacial score (nSPS) is 26.2. The minimum Gasteiger partial charge on any atom is -0.161 e. The predicted molar refractivity (Wildman–Crippen MR) is 17.8 cm³/mol. The van der Waals surface area contributed by atoms with Crippen molar-refractivity contribution in [1.82, 2.24) is 4.90 Å². The van der Waals surface area contributed by atoms with Gasteiger partial charge >= 0.3 is 0 Å². The molecule has 1 saturated heterocycles. The van der Waals surface area contributed by atoms with Gasteiger partial charge in [-0.05, 0) is 0 Å². The van der Waals surface area contributed by atoms with Crippen molar-refractivity contribution in [1.29, 1.82) is 0 Å². The Hall–Kier alpha value is -0.0400. The molecule has 0 saturated carbocycles. The quantitative estimate of drug-likeness (QED) is 0.267. The monoisotopic (exact) mass is 57.1 g/mol. The first-order chi connectivity index (χ1) is 1.89. The second kappa shape index (κ2) is 0.462. The van der Waals surface area contributed by atoms with Crippen LogP contribution in [0.15, 0.2) is 0 Å². The molecule has 0 atom stereocenters. The molecule has 0 aromatic rings. The molecule has 1 heteroatoms. The average molecular weight is 57.1 g/mol. The first kappa shape index (κ1) is 2.21. The second-order valence-electron chi connectivity index (χ2n) is 1.30. The Balaban J connectivity index is 2.17. The molecule has 1 rings (SSSR count). The highest BCUT2D eigenvalue weighted by Crippen LogP contribution is 1.87. The molecule has 0 unspecified atom stereocenters. The summed E-state index contributed by atoms with van der Waals surface area (Å²) in [5.41, 5.74) is 0. The van der Waals surface area contributed by atoms with Gasteiger partial charge in [0.25, 0.3) is 0 Å². The van der Waals surface area contributed by atoms with Crippen LogP contribution >= 0.6 is 0 Å². The van der Waals surface area contributed by atoms with Crippen LogP contribution in [-0.4, -0.2) is 20.1 Å². The van der Waals surface area contributed by atoms with Crippen LogP contribution in [0.5, 0.6) is 0 Å². The van der Waals surface area contributed by atoms with E-state index in [4.69, 9.17) is 0 Å². The third-order valence-electron chi connectivity index (χ3n) is 0.671. The van der Waals surface area contributed by atoms with Crippen LogP contribution < -0.4 is 4.90 Å². The zero-order valence-corrected chi connectivity index (χ0v) is 2.86. The average Bonchev–Trinajstić information content (AvgIpc) is 1.75. The highest BCUT2D eigenvalue weighted by Gasteiger charge is 2.22. The summed E-state index contributed by atoms with van der Waals surface area (Å²) in [7, 11) is 2.11. The molecule has 0 bridgehead atoms. The van der Waals surface area contributed by atoms with E-state index in [0.717, 1.165) is 0 Å². The summed E-state index contributed by atoms with van der Waals surface area (Å²) in [5.74, 6) is 0. The minimum absolute atomic E-state index is 1.32. The fraction of sp³-hybridized carbons (Fsp3) is 1.00. The highest BCUT2D eigenvalue weighted by molar-refractivity contribution is 4.72. The Morgan fingerprint density at radius 2 is 1.75 bits per heavy atom. The fourth-order valence-corrected chi connectivity index (χ4v) is 0.1000. The number of hydrogen-bond acceptors (Lipinski definition) is 1. The Bertz CT molecular complexity index is 22.5. The fourth-order valence-electron chi connectivity index (χ4n) is 0.1000. The van der Waals surface area contributed by atoms with E-state index in [-0.39, 0.29) is 0 Å². The van der Waals surface area contributed by atoms with Gasteiger partial charge in [0.05, 0.1) is 0 Å².